The maximum Gasteiger partial charge on any atom is 0.260 e. The number of methoxy groups -OCH3 is 1. The molecule has 2 N–H and O–H groups in total. The molecule has 0 bridgehead atoms. The fourth-order valence-electron chi connectivity index (χ4n) is 8.93. The van der Waals surface area contributed by atoms with Gasteiger partial charge in [-0.1, -0.05) is 71.8 Å². The number of nitrogens with zero attached hydrogens (tertiary/aromatic N) is 2. The number of hydrazine groups is 1. The monoisotopic (exact) mass is 705 g/mol. The van der Waals surface area contributed by atoms with Crippen LogP contribution < -0.4 is 10.2 Å². The first-order valence-electron chi connectivity index (χ1n) is 16.8. The molecule has 4 aromatic carbocycles. The molecule has 2 saturated heterocycles. The van der Waals surface area contributed by atoms with Crippen molar-refractivity contribution in [2.75, 3.05) is 12.5 Å². The Morgan fingerprint density at radius 1 is 0.902 bits per heavy atom. The third-order valence-electron chi connectivity index (χ3n) is 11.1. The summed E-state index contributed by atoms with van der Waals surface area (Å²) in [4.78, 5) is 59.6. The van der Waals surface area contributed by atoms with Gasteiger partial charge in [0.2, 0.25) is 11.8 Å². The van der Waals surface area contributed by atoms with E-state index in [-0.39, 0.29) is 37.0 Å². The predicted octanol–water partition coefficient (Wildman–Crippen LogP) is 6.38. The number of carbonyl (C=O) groups is 4. The Kier molecular flexibility index (Phi) is 7.94. The van der Waals surface area contributed by atoms with Gasteiger partial charge < -0.3 is 9.84 Å². The van der Waals surface area contributed by atoms with E-state index >= 15 is 4.79 Å². The minimum absolute atomic E-state index is 0.0562. The zero-order valence-corrected chi connectivity index (χ0v) is 28.2. The second kappa shape index (κ2) is 12.4. The van der Waals surface area contributed by atoms with Gasteiger partial charge in [-0.15, -0.1) is 0 Å². The molecule has 6 atom stereocenters. The van der Waals surface area contributed by atoms with Crippen molar-refractivity contribution in [1.82, 2.24) is 9.91 Å². The number of nitrogens with one attached hydrogen (secondary N) is 1. The average Bonchev–Trinajstić information content (AvgIpc) is 3.50. The van der Waals surface area contributed by atoms with Crippen LogP contribution in [0.25, 0.3) is 0 Å². The zero-order chi connectivity index (χ0) is 35.6. The van der Waals surface area contributed by atoms with Crippen LogP contribution in [0.15, 0.2) is 109 Å². The quantitative estimate of drug-likeness (QED) is 0.169. The lowest BCUT2D eigenvalue weighted by atomic mass is 9.49. The van der Waals surface area contributed by atoms with E-state index in [0.29, 0.717) is 27.6 Å². The summed E-state index contributed by atoms with van der Waals surface area (Å²) in [5.74, 6) is -5.70. The number of phenols is 1. The first-order chi connectivity index (χ1) is 24.6. The number of carbonyl (C=O) groups excluding carboxylic acids is 4. The molecule has 258 valence electrons. The van der Waals surface area contributed by atoms with Gasteiger partial charge in [-0.25, -0.2) is 4.39 Å². The number of benzene rings is 4. The number of halogens is 2. The fraction of sp³-hybridized carbons (Fsp3) is 0.250. The molecule has 0 spiro atoms. The van der Waals surface area contributed by atoms with Crippen molar-refractivity contribution in [3.8, 4) is 11.5 Å². The molecular formula is C40H33ClFN3O6. The summed E-state index contributed by atoms with van der Waals surface area (Å²) < 4.78 is 19.7. The van der Waals surface area contributed by atoms with Crippen molar-refractivity contribution in [2.45, 2.75) is 30.7 Å². The van der Waals surface area contributed by atoms with E-state index in [9.17, 15) is 23.9 Å². The topological polar surface area (TPSA) is 116 Å². The van der Waals surface area contributed by atoms with Crippen molar-refractivity contribution in [3.63, 3.8) is 0 Å². The summed E-state index contributed by atoms with van der Waals surface area (Å²) in [6.07, 6.45) is 2.34. The van der Waals surface area contributed by atoms with Gasteiger partial charge in [-0.3, -0.25) is 29.5 Å². The van der Waals surface area contributed by atoms with Crippen molar-refractivity contribution in [2.24, 2.45) is 23.7 Å². The number of likely N-dealkylation sites (tertiary alicyclic amines) is 1. The molecule has 8 rings (SSSR count). The summed E-state index contributed by atoms with van der Waals surface area (Å²) in [6, 6.07) is 26.1. The van der Waals surface area contributed by atoms with Crippen LogP contribution in [0.4, 0.5) is 10.1 Å². The molecule has 2 aliphatic carbocycles. The van der Waals surface area contributed by atoms with Gasteiger partial charge in [-0.05, 0) is 72.4 Å². The molecule has 2 heterocycles. The van der Waals surface area contributed by atoms with Crippen LogP contribution in [0.1, 0.15) is 35.4 Å². The molecular weight excluding hydrogens is 673 g/mol. The van der Waals surface area contributed by atoms with Gasteiger partial charge in [0.15, 0.2) is 0 Å². The number of aromatic hydroxyl groups is 1. The number of ether oxygens (including phenoxy) is 1. The first-order valence-corrected chi connectivity index (χ1v) is 17.1. The van der Waals surface area contributed by atoms with E-state index < -0.39 is 52.6 Å². The van der Waals surface area contributed by atoms with Crippen LogP contribution in [0.3, 0.4) is 0 Å². The summed E-state index contributed by atoms with van der Waals surface area (Å²) in [6.45, 7) is 0.133. The Hall–Kier alpha value is -5.48. The lowest BCUT2D eigenvalue weighted by Crippen LogP contribution is -2.53. The van der Waals surface area contributed by atoms with Gasteiger partial charge in [0.25, 0.3) is 11.8 Å². The first kappa shape index (κ1) is 32.7. The molecule has 51 heavy (non-hydrogen) atoms. The maximum absolute atomic E-state index is 15.2. The van der Waals surface area contributed by atoms with Crippen molar-refractivity contribution in [3.05, 3.63) is 136 Å². The SMILES string of the molecule is COc1cc(O)ccc1C1C2=CCC3C(=O)N(Cc4ccccc4)C(=O)C3C2CC2C(=O)N(Nc3ccc(F)cc3)C(=O)C21c1ccc(Cl)cc1. The molecule has 2 aliphatic heterocycles. The number of rotatable bonds is 7. The van der Waals surface area contributed by atoms with Crippen molar-refractivity contribution >= 4 is 40.9 Å². The van der Waals surface area contributed by atoms with Gasteiger partial charge in [0.05, 0.1) is 42.5 Å². The fourth-order valence-corrected chi connectivity index (χ4v) is 9.05. The van der Waals surface area contributed by atoms with E-state index in [1.54, 1.807) is 30.3 Å². The van der Waals surface area contributed by atoms with Crippen LogP contribution in [0.5, 0.6) is 11.5 Å². The van der Waals surface area contributed by atoms with E-state index in [0.717, 1.165) is 16.1 Å². The molecule has 4 aromatic rings. The third-order valence-corrected chi connectivity index (χ3v) is 11.3. The molecule has 0 radical (unpaired) electrons. The average molecular weight is 706 g/mol. The summed E-state index contributed by atoms with van der Waals surface area (Å²) in [5.41, 5.74) is 4.33. The van der Waals surface area contributed by atoms with Crippen LogP contribution in [-0.4, -0.2) is 45.8 Å². The molecule has 4 amide bonds. The van der Waals surface area contributed by atoms with Crippen molar-refractivity contribution in [1.29, 1.82) is 0 Å². The Morgan fingerprint density at radius 3 is 2.33 bits per heavy atom. The number of amides is 4. The molecule has 1 saturated carbocycles. The highest BCUT2D eigenvalue weighted by Gasteiger charge is 2.70. The number of imide groups is 2. The second-order valence-electron chi connectivity index (χ2n) is 13.5. The smallest absolute Gasteiger partial charge is 0.260 e. The van der Waals surface area contributed by atoms with Crippen LogP contribution in [0, 0.1) is 29.5 Å². The van der Waals surface area contributed by atoms with Gasteiger partial charge in [0.1, 0.15) is 17.3 Å². The summed E-state index contributed by atoms with van der Waals surface area (Å²) in [7, 11) is 1.46. The van der Waals surface area contributed by atoms with E-state index in [4.69, 9.17) is 16.3 Å². The highest BCUT2D eigenvalue weighted by atomic mass is 35.5. The highest BCUT2D eigenvalue weighted by molar-refractivity contribution is 6.30. The number of phenolic OH excluding ortho intramolecular Hbond substituents is 1. The number of hydrogen-bond acceptors (Lipinski definition) is 7. The van der Waals surface area contributed by atoms with Gasteiger partial charge >= 0.3 is 0 Å². The summed E-state index contributed by atoms with van der Waals surface area (Å²) in [5, 5.41) is 11.9. The molecule has 9 nitrogen and oxygen atoms in total. The normalized spacial score (nSPS) is 26.8. The zero-order valence-electron chi connectivity index (χ0n) is 27.5. The predicted molar refractivity (Wildman–Crippen MR) is 186 cm³/mol. The van der Waals surface area contributed by atoms with Crippen LogP contribution >= 0.6 is 11.6 Å². The Labute approximate surface area is 298 Å². The lowest BCUT2D eigenvalue weighted by molar-refractivity contribution is -0.142. The second-order valence-corrected chi connectivity index (χ2v) is 14.0. The number of allylic oxidation sites excluding steroid dienone is 2. The van der Waals surface area contributed by atoms with Gasteiger partial charge in [0, 0.05) is 22.6 Å². The Bertz CT molecular complexity index is 2110. The minimum Gasteiger partial charge on any atom is -0.508 e. The van der Waals surface area contributed by atoms with E-state index in [2.05, 4.69) is 5.43 Å². The van der Waals surface area contributed by atoms with E-state index in [1.165, 1.54) is 48.4 Å². The lowest BCUT2D eigenvalue weighted by Gasteiger charge is -2.50. The summed E-state index contributed by atoms with van der Waals surface area (Å²) >= 11 is 6.36. The Morgan fingerprint density at radius 2 is 1.63 bits per heavy atom. The standard InChI is InChI=1S/C40H33ClFN3O6/c1-51-33-19-27(46)15-16-29(33)35-28-17-18-30-34(38(49)44(36(30)47)21-22-5-3-2-4-6-22)31(28)20-32-37(48)45(43-26-13-11-25(42)12-14-26)39(50)40(32,35)23-7-9-24(41)10-8-23/h2-17,19,30-32,34-35,43,46H,18,20-21H2,1H3. The van der Waals surface area contributed by atoms with Crippen LogP contribution in [-0.2, 0) is 31.1 Å². The third kappa shape index (κ3) is 5.03. The highest BCUT2D eigenvalue weighted by Crippen LogP contribution is 2.65. The molecule has 6 unspecified atom stereocenters. The molecule has 4 aliphatic rings. The van der Waals surface area contributed by atoms with Crippen LogP contribution in [0.2, 0.25) is 5.02 Å². The van der Waals surface area contributed by atoms with Gasteiger partial charge in [-0.2, -0.15) is 5.01 Å². The largest absolute Gasteiger partial charge is 0.508 e. The molecule has 3 fully saturated rings. The maximum atomic E-state index is 15.2. The number of hydrogen-bond donors (Lipinski definition) is 2. The molecule has 0 aromatic heterocycles. The molecule has 11 heteroatoms. The Balaban J connectivity index is 1.32. The van der Waals surface area contributed by atoms with Crippen molar-refractivity contribution < 1.29 is 33.4 Å². The number of anilines is 1. The van der Waals surface area contributed by atoms with E-state index in [1.807, 2.05) is 36.4 Å². The number of fused-ring (bicyclic) bond motifs is 4. The minimum atomic E-state index is -1.57.